The summed E-state index contributed by atoms with van der Waals surface area (Å²) < 4.78 is 13.9. The van der Waals surface area contributed by atoms with Crippen molar-refractivity contribution in [1.29, 1.82) is 0 Å². The molecule has 0 amide bonds. The van der Waals surface area contributed by atoms with E-state index in [1.807, 2.05) is 0 Å². The number of aldehydes is 1. The standard InChI is InChI=1S/C21H25FN2O3/c22-18-10-17-20(11-19(18)23-15-6-2-1-3-7-15)24(27,16-8-4-5-9-16)12-14(13-25)21(17)26/h10-13,15-16,23H,1-9H2. The average Bonchev–Trinajstić information content (AvgIpc) is 3.22. The van der Waals surface area contributed by atoms with E-state index in [1.54, 1.807) is 0 Å². The maximum atomic E-state index is 14.7. The molecule has 3 aliphatic rings. The zero-order chi connectivity index (χ0) is 19.0. The first-order valence-corrected chi connectivity index (χ1v) is 9.96. The van der Waals surface area contributed by atoms with Gasteiger partial charge in [-0.25, -0.2) is 4.39 Å². The van der Waals surface area contributed by atoms with Gasteiger partial charge in [0.15, 0.2) is 12.0 Å². The molecule has 0 saturated heterocycles. The quantitative estimate of drug-likeness (QED) is 0.363. The number of fused-ring (bicyclic) bond motifs is 1. The molecule has 5 nitrogen and oxygen atoms in total. The molecule has 2 aliphatic carbocycles. The van der Waals surface area contributed by atoms with Gasteiger partial charge in [0.25, 0.3) is 0 Å². The highest BCUT2D eigenvalue weighted by atomic mass is 19.1. The number of nitrogens with zero attached hydrogens (tertiary/aromatic N) is 1. The van der Waals surface area contributed by atoms with E-state index in [0.29, 0.717) is 6.29 Å². The predicted molar refractivity (Wildman–Crippen MR) is 103 cm³/mol. The highest BCUT2D eigenvalue weighted by Gasteiger charge is 2.41. The van der Waals surface area contributed by atoms with Gasteiger partial charge in [0.1, 0.15) is 17.6 Å². The van der Waals surface area contributed by atoms with Crippen LogP contribution in [0.1, 0.15) is 68.1 Å². The summed E-state index contributed by atoms with van der Waals surface area (Å²) >= 11 is 0. The number of nitrogens with one attached hydrogen (secondary N) is 1. The number of anilines is 1. The molecule has 2 fully saturated rings. The summed E-state index contributed by atoms with van der Waals surface area (Å²) in [4.78, 5) is 23.9. The minimum absolute atomic E-state index is 0.0215. The highest BCUT2D eigenvalue weighted by Crippen LogP contribution is 2.43. The fourth-order valence-electron chi connectivity index (χ4n) is 4.77. The molecule has 1 aromatic carbocycles. The molecule has 27 heavy (non-hydrogen) atoms. The van der Waals surface area contributed by atoms with Crippen LogP contribution in [0.25, 0.3) is 0 Å². The smallest absolute Gasteiger partial charge is 0.207 e. The number of quaternary nitrogens is 1. The van der Waals surface area contributed by atoms with Crippen molar-refractivity contribution < 1.29 is 14.0 Å². The van der Waals surface area contributed by atoms with E-state index >= 15 is 0 Å². The normalized spacial score (nSPS) is 26.6. The zero-order valence-corrected chi connectivity index (χ0v) is 15.4. The van der Waals surface area contributed by atoms with Crippen LogP contribution in [0.3, 0.4) is 0 Å². The van der Waals surface area contributed by atoms with Crippen LogP contribution in [0.5, 0.6) is 0 Å². The fourth-order valence-corrected chi connectivity index (χ4v) is 4.77. The third kappa shape index (κ3) is 3.21. The average molecular weight is 372 g/mol. The van der Waals surface area contributed by atoms with Crippen LogP contribution in [0.15, 0.2) is 23.9 Å². The summed E-state index contributed by atoms with van der Waals surface area (Å²) in [5.74, 6) is -1.11. The Kier molecular flexibility index (Phi) is 4.86. The first kappa shape index (κ1) is 18.3. The van der Waals surface area contributed by atoms with Crippen molar-refractivity contribution in [2.75, 3.05) is 5.32 Å². The van der Waals surface area contributed by atoms with Gasteiger partial charge in [0.05, 0.1) is 17.3 Å². The number of carbonyl (C=O) groups excluding carboxylic acids is 2. The van der Waals surface area contributed by atoms with E-state index < -0.39 is 16.2 Å². The first-order chi connectivity index (χ1) is 13.0. The van der Waals surface area contributed by atoms with E-state index in [1.165, 1.54) is 18.7 Å². The van der Waals surface area contributed by atoms with Gasteiger partial charge in [0, 0.05) is 24.9 Å². The van der Waals surface area contributed by atoms with E-state index in [4.69, 9.17) is 0 Å². The van der Waals surface area contributed by atoms with Crippen molar-refractivity contribution in [3.05, 3.63) is 40.5 Å². The second-order valence-electron chi connectivity index (χ2n) is 8.01. The summed E-state index contributed by atoms with van der Waals surface area (Å²) in [5, 5.41) is 17.1. The van der Waals surface area contributed by atoms with Crippen molar-refractivity contribution in [1.82, 2.24) is 4.65 Å². The number of hydrogen-bond donors (Lipinski definition) is 1. The molecule has 1 aliphatic heterocycles. The Labute approximate surface area is 158 Å². The molecule has 0 radical (unpaired) electrons. The lowest BCUT2D eigenvalue weighted by atomic mass is 9.93. The minimum atomic E-state index is -0.839. The van der Waals surface area contributed by atoms with Crippen molar-refractivity contribution in [3.63, 3.8) is 0 Å². The van der Waals surface area contributed by atoms with Crippen LogP contribution in [-0.4, -0.2) is 24.2 Å². The number of benzene rings is 1. The molecular formula is C21H25FN2O3. The van der Waals surface area contributed by atoms with Gasteiger partial charge in [0.2, 0.25) is 5.78 Å². The Hall–Kier alpha value is -2.05. The van der Waals surface area contributed by atoms with Gasteiger partial charge in [-0.05, 0) is 31.7 Å². The number of hydroxylamine groups is 2. The highest BCUT2D eigenvalue weighted by molar-refractivity contribution is 6.23. The third-order valence-corrected chi connectivity index (χ3v) is 6.26. The molecule has 0 aromatic heterocycles. The lowest BCUT2D eigenvalue weighted by molar-refractivity contribution is -0.104. The fraction of sp³-hybridized carbons (Fsp3) is 0.524. The molecule has 1 N–H and O–H groups in total. The van der Waals surface area contributed by atoms with Crippen LogP contribution in [0.2, 0.25) is 0 Å². The molecule has 1 aromatic rings. The molecule has 1 unspecified atom stereocenters. The van der Waals surface area contributed by atoms with E-state index in [2.05, 4.69) is 5.32 Å². The Bertz CT molecular complexity index is 795. The minimum Gasteiger partial charge on any atom is -0.622 e. The summed E-state index contributed by atoms with van der Waals surface area (Å²) in [6.07, 6.45) is 10.4. The molecule has 1 heterocycles. The van der Waals surface area contributed by atoms with Gasteiger partial charge in [-0.3, -0.25) is 14.2 Å². The number of Topliss-reactive ketones (excluding diaryl/α,β-unsaturated/α-hetero) is 1. The summed E-state index contributed by atoms with van der Waals surface area (Å²) in [6.45, 7) is 0. The lowest BCUT2D eigenvalue weighted by Gasteiger charge is -2.46. The third-order valence-electron chi connectivity index (χ3n) is 6.26. The van der Waals surface area contributed by atoms with Gasteiger partial charge in [-0.2, -0.15) is 0 Å². The van der Waals surface area contributed by atoms with E-state index in [9.17, 15) is 19.2 Å². The zero-order valence-electron chi connectivity index (χ0n) is 15.4. The van der Waals surface area contributed by atoms with E-state index in [0.717, 1.165) is 57.4 Å². The number of carbonyl (C=O) groups is 2. The van der Waals surface area contributed by atoms with Crippen molar-refractivity contribution in [2.24, 2.45) is 0 Å². The van der Waals surface area contributed by atoms with Crippen LogP contribution in [0, 0.1) is 11.0 Å². The van der Waals surface area contributed by atoms with Crippen LogP contribution in [-0.2, 0) is 4.79 Å². The molecule has 4 rings (SSSR count). The summed E-state index contributed by atoms with van der Waals surface area (Å²) in [5.41, 5.74) is 0.398. The van der Waals surface area contributed by atoms with Gasteiger partial charge in [-0.1, -0.05) is 19.3 Å². The first-order valence-electron chi connectivity index (χ1n) is 9.96. The number of ketones is 1. The molecule has 2 saturated carbocycles. The molecule has 6 heteroatoms. The van der Waals surface area contributed by atoms with Crippen LogP contribution in [0.4, 0.5) is 15.8 Å². The predicted octanol–water partition coefficient (Wildman–Crippen LogP) is 4.60. The number of allylic oxidation sites excluding steroid dienone is 1. The summed E-state index contributed by atoms with van der Waals surface area (Å²) in [7, 11) is 0. The maximum Gasteiger partial charge on any atom is 0.207 e. The molecule has 1 atom stereocenters. The topological polar surface area (TPSA) is 69.2 Å². The number of halogens is 1. The molecule has 144 valence electrons. The Balaban J connectivity index is 1.77. The second-order valence-corrected chi connectivity index (χ2v) is 8.01. The number of hydrogen-bond acceptors (Lipinski definition) is 4. The van der Waals surface area contributed by atoms with Gasteiger partial charge >= 0.3 is 0 Å². The van der Waals surface area contributed by atoms with Crippen LogP contribution < -0.4 is 9.96 Å². The van der Waals surface area contributed by atoms with Gasteiger partial charge < -0.3 is 10.5 Å². The van der Waals surface area contributed by atoms with E-state index in [-0.39, 0.29) is 34.6 Å². The Morgan fingerprint density at radius 2 is 1.74 bits per heavy atom. The van der Waals surface area contributed by atoms with Crippen molar-refractivity contribution in [2.45, 2.75) is 69.9 Å². The molecule has 0 bridgehead atoms. The number of rotatable bonds is 4. The molecular weight excluding hydrogens is 347 g/mol. The molecule has 0 spiro atoms. The SMILES string of the molecule is O=CC1=C[N+]([O-])(C2CCCC2)c2cc(NC3CCCCC3)c(F)cc2C1=O. The Morgan fingerprint density at radius 1 is 1.07 bits per heavy atom. The monoisotopic (exact) mass is 372 g/mol. The largest absolute Gasteiger partial charge is 0.622 e. The second kappa shape index (κ2) is 7.17. The maximum absolute atomic E-state index is 14.7. The lowest BCUT2D eigenvalue weighted by Crippen LogP contribution is -2.49. The Morgan fingerprint density at radius 3 is 2.41 bits per heavy atom. The van der Waals surface area contributed by atoms with Crippen LogP contribution >= 0.6 is 0 Å². The van der Waals surface area contributed by atoms with Crippen molar-refractivity contribution in [3.8, 4) is 0 Å². The summed E-state index contributed by atoms with van der Waals surface area (Å²) in [6, 6.07) is 2.60. The van der Waals surface area contributed by atoms with Gasteiger partial charge in [-0.15, -0.1) is 0 Å². The van der Waals surface area contributed by atoms with Crippen molar-refractivity contribution >= 4 is 23.4 Å².